The summed E-state index contributed by atoms with van der Waals surface area (Å²) in [6, 6.07) is 11.8. The van der Waals surface area contributed by atoms with Gasteiger partial charge in [-0.3, -0.25) is 4.57 Å². The van der Waals surface area contributed by atoms with E-state index in [9.17, 15) is 0 Å². The van der Waals surface area contributed by atoms with Crippen LogP contribution in [-0.4, -0.2) is 16.7 Å². The number of aromatic nitrogens is 2. The van der Waals surface area contributed by atoms with Crippen molar-refractivity contribution in [3.05, 3.63) is 51.2 Å². The van der Waals surface area contributed by atoms with Crippen LogP contribution in [0, 0.1) is 0 Å². The maximum Gasteiger partial charge on any atom is 0.129 e. The first-order valence-electron chi connectivity index (χ1n) is 6.21. The van der Waals surface area contributed by atoms with Crippen LogP contribution in [0.2, 0.25) is 0 Å². The molecule has 0 bridgehead atoms. The van der Waals surface area contributed by atoms with E-state index in [1.165, 1.54) is 0 Å². The lowest BCUT2D eigenvalue weighted by atomic mass is 10.2. The predicted molar refractivity (Wildman–Crippen MR) is 92.6 cm³/mol. The zero-order chi connectivity index (χ0) is 15.0. The van der Waals surface area contributed by atoms with Gasteiger partial charge in [-0.25, -0.2) is 4.98 Å². The van der Waals surface area contributed by atoms with Crippen LogP contribution in [0.5, 0.6) is 5.75 Å². The molecule has 0 fully saturated rings. The fourth-order valence-electron chi connectivity index (χ4n) is 2.28. The van der Waals surface area contributed by atoms with Gasteiger partial charge in [0, 0.05) is 15.0 Å². The summed E-state index contributed by atoms with van der Waals surface area (Å²) < 4.78 is 9.25. The zero-order valence-electron chi connectivity index (χ0n) is 11.1. The summed E-state index contributed by atoms with van der Waals surface area (Å²) in [4.78, 5) is 4.61. The molecule has 0 atom stereocenters. The van der Waals surface area contributed by atoms with Gasteiger partial charge in [0.05, 0.1) is 29.7 Å². The molecule has 108 valence electrons. The molecule has 0 spiro atoms. The van der Waals surface area contributed by atoms with E-state index in [0.717, 1.165) is 37.2 Å². The molecule has 6 heteroatoms. The van der Waals surface area contributed by atoms with Gasteiger partial charge in [-0.2, -0.15) is 0 Å². The van der Waals surface area contributed by atoms with Crippen LogP contribution in [0.25, 0.3) is 16.7 Å². The lowest BCUT2D eigenvalue weighted by Crippen LogP contribution is -2.01. The Morgan fingerprint density at radius 1 is 1.19 bits per heavy atom. The summed E-state index contributed by atoms with van der Waals surface area (Å²) in [5, 5.41) is 0. The second kappa shape index (κ2) is 5.99. The molecule has 0 saturated heterocycles. The number of nitrogens with zero attached hydrogens (tertiary/aromatic N) is 2. The summed E-state index contributed by atoms with van der Waals surface area (Å²) in [7, 11) is 1.64. The van der Waals surface area contributed by atoms with Crippen molar-refractivity contribution in [2.24, 2.45) is 0 Å². The average molecular weight is 431 g/mol. The van der Waals surface area contributed by atoms with Crippen molar-refractivity contribution in [3.8, 4) is 11.4 Å². The molecule has 21 heavy (non-hydrogen) atoms. The van der Waals surface area contributed by atoms with Crippen molar-refractivity contribution in [2.45, 2.75) is 5.88 Å². The lowest BCUT2D eigenvalue weighted by molar-refractivity contribution is 0.415. The number of benzene rings is 2. The number of alkyl halides is 1. The topological polar surface area (TPSA) is 27.1 Å². The molecular weight excluding hydrogens is 419 g/mol. The highest BCUT2D eigenvalue weighted by atomic mass is 79.9. The quantitative estimate of drug-likeness (QED) is 0.528. The Balaban J connectivity index is 2.36. The molecule has 0 amide bonds. The predicted octanol–water partition coefficient (Wildman–Crippen LogP) is 5.30. The molecule has 1 aromatic heterocycles. The highest BCUT2D eigenvalue weighted by Crippen LogP contribution is 2.34. The van der Waals surface area contributed by atoms with Crippen molar-refractivity contribution in [2.75, 3.05) is 7.11 Å². The number of halogens is 3. The standard InChI is InChI=1S/C15H11Br2ClN2O/c1-21-9-5-6-13-12(7-9)19-14(8-18)20(13)15-10(16)3-2-4-11(15)17/h2-7H,8H2,1H3. The van der Waals surface area contributed by atoms with Gasteiger partial charge in [0.25, 0.3) is 0 Å². The van der Waals surface area contributed by atoms with Gasteiger partial charge >= 0.3 is 0 Å². The fourth-order valence-corrected chi connectivity index (χ4v) is 3.81. The third-order valence-corrected chi connectivity index (χ3v) is 4.73. The Kier molecular flexibility index (Phi) is 4.24. The van der Waals surface area contributed by atoms with E-state index in [0.29, 0.717) is 5.88 Å². The Labute approximate surface area is 144 Å². The van der Waals surface area contributed by atoms with E-state index >= 15 is 0 Å². The van der Waals surface area contributed by atoms with Gasteiger partial charge < -0.3 is 4.74 Å². The normalized spacial score (nSPS) is 11.0. The molecule has 3 rings (SSSR count). The van der Waals surface area contributed by atoms with Crippen LogP contribution in [0.1, 0.15) is 5.82 Å². The monoisotopic (exact) mass is 428 g/mol. The van der Waals surface area contributed by atoms with Crippen molar-refractivity contribution in [1.82, 2.24) is 9.55 Å². The van der Waals surface area contributed by atoms with E-state index in [2.05, 4.69) is 41.4 Å². The summed E-state index contributed by atoms with van der Waals surface area (Å²) in [6.45, 7) is 0. The Hall–Kier alpha value is -1.04. The van der Waals surface area contributed by atoms with Crippen LogP contribution in [0.15, 0.2) is 45.3 Å². The maximum atomic E-state index is 6.09. The van der Waals surface area contributed by atoms with Gasteiger partial charge in [-0.1, -0.05) is 6.07 Å². The smallest absolute Gasteiger partial charge is 0.129 e. The summed E-state index contributed by atoms with van der Waals surface area (Å²) in [6.07, 6.45) is 0. The molecule has 0 aliphatic heterocycles. The zero-order valence-corrected chi connectivity index (χ0v) is 15.0. The third-order valence-electron chi connectivity index (χ3n) is 3.21. The minimum absolute atomic E-state index is 0.324. The van der Waals surface area contributed by atoms with E-state index in [-0.39, 0.29) is 0 Å². The van der Waals surface area contributed by atoms with Gasteiger partial charge in [0.15, 0.2) is 0 Å². The van der Waals surface area contributed by atoms with Gasteiger partial charge in [0.1, 0.15) is 11.6 Å². The molecule has 0 saturated carbocycles. The largest absolute Gasteiger partial charge is 0.497 e. The molecule has 3 nitrogen and oxygen atoms in total. The number of para-hydroxylation sites is 1. The Morgan fingerprint density at radius 3 is 2.52 bits per heavy atom. The van der Waals surface area contributed by atoms with Gasteiger partial charge in [0.2, 0.25) is 0 Å². The number of fused-ring (bicyclic) bond motifs is 1. The first-order chi connectivity index (χ1) is 10.2. The highest BCUT2D eigenvalue weighted by Gasteiger charge is 2.16. The number of hydrogen-bond donors (Lipinski definition) is 0. The van der Waals surface area contributed by atoms with Crippen molar-refractivity contribution < 1.29 is 4.74 Å². The van der Waals surface area contributed by atoms with E-state index in [4.69, 9.17) is 16.3 Å². The Bertz CT molecular complexity index is 797. The molecule has 0 unspecified atom stereocenters. The number of imidazole rings is 1. The average Bonchev–Trinajstić information content (AvgIpc) is 2.84. The summed E-state index contributed by atoms with van der Waals surface area (Å²) >= 11 is 13.3. The molecule has 0 aliphatic rings. The second-order valence-electron chi connectivity index (χ2n) is 4.42. The third kappa shape index (κ3) is 2.58. The van der Waals surface area contributed by atoms with Crippen LogP contribution < -0.4 is 4.74 Å². The van der Waals surface area contributed by atoms with E-state index in [1.807, 2.05) is 36.4 Å². The van der Waals surface area contributed by atoms with Crippen molar-refractivity contribution in [3.63, 3.8) is 0 Å². The first-order valence-corrected chi connectivity index (χ1v) is 8.33. The molecule has 1 heterocycles. The Morgan fingerprint density at radius 2 is 1.90 bits per heavy atom. The van der Waals surface area contributed by atoms with Gasteiger partial charge in [-0.05, 0) is 56.1 Å². The van der Waals surface area contributed by atoms with Crippen LogP contribution in [0.4, 0.5) is 0 Å². The van der Waals surface area contributed by atoms with E-state index < -0.39 is 0 Å². The minimum atomic E-state index is 0.324. The number of ether oxygens (including phenoxy) is 1. The minimum Gasteiger partial charge on any atom is -0.497 e. The molecule has 0 aliphatic carbocycles. The molecule has 2 aromatic carbocycles. The summed E-state index contributed by atoms with van der Waals surface area (Å²) in [5.74, 6) is 1.89. The lowest BCUT2D eigenvalue weighted by Gasteiger charge is -2.12. The number of hydrogen-bond acceptors (Lipinski definition) is 2. The van der Waals surface area contributed by atoms with Crippen LogP contribution in [0.3, 0.4) is 0 Å². The molecular formula is C15H11Br2ClN2O. The van der Waals surface area contributed by atoms with Gasteiger partial charge in [-0.15, -0.1) is 11.6 Å². The SMILES string of the molecule is COc1ccc2c(c1)nc(CCl)n2-c1c(Br)cccc1Br. The summed E-state index contributed by atoms with van der Waals surface area (Å²) in [5.41, 5.74) is 2.83. The molecule has 3 aromatic rings. The molecule has 0 radical (unpaired) electrons. The fraction of sp³-hybridized carbons (Fsp3) is 0.133. The number of rotatable bonds is 3. The highest BCUT2D eigenvalue weighted by molar-refractivity contribution is 9.11. The van der Waals surface area contributed by atoms with Crippen molar-refractivity contribution in [1.29, 1.82) is 0 Å². The first kappa shape index (κ1) is 14.9. The number of methoxy groups -OCH3 is 1. The van der Waals surface area contributed by atoms with Crippen LogP contribution in [-0.2, 0) is 5.88 Å². The second-order valence-corrected chi connectivity index (χ2v) is 6.40. The van der Waals surface area contributed by atoms with Crippen LogP contribution >= 0.6 is 43.5 Å². The van der Waals surface area contributed by atoms with E-state index in [1.54, 1.807) is 7.11 Å². The van der Waals surface area contributed by atoms with Crippen molar-refractivity contribution >= 4 is 54.5 Å². The molecule has 0 N–H and O–H groups in total. The maximum absolute atomic E-state index is 6.09.